The summed E-state index contributed by atoms with van der Waals surface area (Å²) in [6.45, 7) is 0. The molecule has 0 radical (unpaired) electrons. The molecule has 8 nitrogen and oxygen atoms in total. The van der Waals surface area contributed by atoms with Crippen molar-refractivity contribution in [3.63, 3.8) is 0 Å². The summed E-state index contributed by atoms with van der Waals surface area (Å²) in [7, 11) is 0.382. The topological polar surface area (TPSA) is 103 Å². The lowest BCUT2D eigenvalue weighted by molar-refractivity contribution is 0.102. The quantitative estimate of drug-likeness (QED) is 0.499. The lowest BCUT2D eigenvalue weighted by Crippen LogP contribution is -2.15. The number of methoxy groups -OCH3 is 3. The number of carbonyl (C=O) groups excluding carboxylic acids is 1. The summed E-state index contributed by atoms with van der Waals surface area (Å²) in [5.74, 6) is 0.481. The number of ether oxygens (including phenoxy) is 3. The van der Waals surface area contributed by atoms with Gasteiger partial charge < -0.3 is 19.5 Å². The highest BCUT2D eigenvalue weighted by Gasteiger charge is 2.19. The van der Waals surface area contributed by atoms with Crippen LogP contribution in [0.2, 0.25) is 5.02 Å². The molecule has 0 aliphatic rings. The number of para-hydroxylation sites is 2. The number of anilines is 2. The highest BCUT2D eigenvalue weighted by Crippen LogP contribution is 2.36. The molecule has 168 valence electrons. The van der Waals surface area contributed by atoms with Gasteiger partial charge in [0, 0.05) is 11.3 Å². The largest absolute Gasteiger partial charge is 0.495 e. The fourth-order valence-corrected chi connectivity index (χ4v) is 4.33. The van der Waals surface area contributed by atoms with Crippen LogP contribution in [0.3, 0.4) is 0 Å². The molecular weight excluding hydrogens is 456 g/mol. The van der Waals surface area contributed by atoms with Gasteiger partial charge in [0.1, 0.15) is 5.75 Å². The van der Waals surface area contributed by atoms with E-state index < -0.39 is 15.9 Å². The van der Waals surface area contributed by atoms with E-state index in [9.17, 15) is 13.2 Å². The Balaban J connectivity index is 1.85. The number of sulfonamides is 1. The number of rotatable bonds is 8. The van der Waals surface area contributed by atoms with Gasteiger partial charge >= 0.3 is 0 Å². The zero-order valence-corrected chi connectivity index (χ0v) is 19.1. The van der Waals surface area contributed by atoms with E-state index in [0.29, 0.717) is 22.9 Å². The number of halogens is 1. The van der Waals surface area contributed by atoms with Crippen molar-refractivity contribution in [2.45, 2.75) is 4.90 Å². The van der Waals surface area contributed by atoms with Crippen LogP contribution < -0.4 is 24.2 Å². The van der Waals surface area contributed by atoms with Crippen LogP contribution in [0.1, 0.15) is 10.4 Å². The maximum Gasteiger partial charge on any atom is 0.262 e. The van der Waals surface area contributed by atoms with Crippen LogP contribution in [0.15, 0.2) is 65.6 Å². The third-order valence-electron chi connectivity index (χ3n) is 4.45. The summed E-state index contributed by atoms with van der Waals surface area (Å²) in [5, 5.41) is 2.87. The Kier molecular flexibility index (Phi) is 7.12. The average Bonchev–Trinajstić information content (AvgIpc) is 2.78. The van der Waals surface area contributed by atoms with Crippen LogP contribution in [-0.4, -0.2) is 35.7 Å². The van der Waals surface area contributed by atoms with Gasteiger partial charge in [-0.2, -0.15) is 0 Å². The van der Waals surface area contributed by atoms with Gasteiger partial charge in [-0.15, -0.1) is 0 Å². The van der Waals surface area contributed by atoms with Crippen molar-refractivity contribution in [3.8, 4) is 17.2 Å². The molecule has 0 unspecified atom stereocenters. The van der Waals surface area contributed by atoms with Crippen LogP contribution in [-0.2, 0) is 10.0 Å². The van der Waals surface area contributed by atoms with Crippen LogP contribution in [0.5, 0.6) is 17.2 Å². The first-order valence-electron chi connectivity index (χ1n) is 9.28. The first-order chi connectivity index (χ1) is 15.3. The second-order valence-electron chi connectivity index (χ2n) is 6.48. The van der Waals surface area contributed by atoms with Gasteiger partial charge in [-0.1, -0.05) is 29.8 Å². The maximum absolute atomic E-state index is 12.8. The van der Waals surface area contributed by atoms with Crippen molar-refractivity contribution < 1.29 is 27.4 Å². The SMILES string of the molecule is COc1ccccc1NS(=O)(=O)c1cccc(NC(=O)c2cc(Cl)c(OC)c(OC)c2)c1. The van der Waals surface area contributed by atoms with Crippen molar-refractivity contribution in [1.29, 1.82) is 0 Å². The zero-order valence-electron chi connectivity index (χ0n) is 17.5. The maximum atomic E-state index is 12.8. The second kappa shape index (κ2) is 9.80. The molecule has 0 aromatic heterocycles. The molecule has 3 rings (SSSR count). The van der Waals surface area contributed by atoms with Gasteiger partial charge in [0.05, 0.1) is 36.9 Å². The normalized spacial score (nSPS) is 10.9. The Hall–Kier alpha value is -3.43. The van der Waals surface area contributed by atoms with Gasteiger partial charge in [0.15, 0.2) is 11.5 Å². The number of carbonyl (C=O) groups is 1. The summed E-state index contributed by atoms with van der Waals surface area (Å²) >= 11 is 6.16. The molecule has 2 N–H and O–H groups in total. The number of nitrogens with one attached hydrogen (secondary N) is 2. The van der Waals surface area contributed by atoms with Gasteiger partial charge in [0.2, 0.25) is 0 Å². The van der Waals surface area contributed by atoms with E-state index in [-0.39, 0.29) is 21.2 Å². The van der Waals surface area contributed by atoms with Crippen LogP contribution >= 0.6 is 11.6 Å². The van der Waals surface area contributed by atoms with Crippen LogP contribution in [0.25, 0.3) is 0 Å². The van der Waals surface area contributed by atoms with Crippen molar-refractivity contribution in [1.82, 2.24) is 0 Å². The summed E-state index contributed by atoms with van der Waals surface area (Å²) in [6.07, 6.45) is 0. The molecule has 0 bridgehead atoms. The fraction of sp³-hybridized carbons (Fsp3) is 0.136. The Labute approximate surface area is 191 Å². The summed E-state index contributed by atoms with van der Waals surface area (Å²) < 4.78 is 43.7. The highest BCUT2D eigenvalue weighted by molar-refractivity contribution is 7.92. The molecule has 0 aliphatic carbocycles. The van der Waals surface area contributed by atoms with E-state index in [1.165, 1.54) is 51.7 Å². The molecular formula is C22H21ClN2O6S. The summed E-state index contributed by atoms with van der Waals surface area (Å²) in [4.78, 5) is 12.7. The summed E-state index contributed by atoms with van der Waals surface area (Å²) in [6, 6.07) is 15.4. The lowest BCUT2D eigenvalue weighted by Gasteiger charge is -2.13. The number of benzene rings is 3. The number of hydrogen-bond donors (Lipinski definition) is 2. The first kappa shape index (κ1) is 23.2. The van der Waals surface area contributed by atoms with E-state index in [1.54, 1.807) is 30.3 Å². The predicted octanol–water partition coefficient (Wildman–Crippen LogP) is 4.42. The van der Waals surface area contributed by atoms with E-state index >= 15 is 0 Å². The predicted molar refractivity (Wildman–Crippen MR) is 123 cm³/mol. The molecule has 0 heterocycles. The monoisotopic (exact) mass is 476 g/mol. The molecule has 3 aromatic rings. The number of amides is 1. The minimum absolute atomic E-state index is 0.0356. The zero-order chi connectivity index (χ0) is 23.3. The minimum Gasteiger partial charge on any atom is -0.495 e. The fourth-order valence-electron chi connectivity index (χ4n) is 2.93. The van der Waals surface area contributed by atoms with Crippen molar-refractivity contribution in [2.75, 3.05) is 31.4 Å². The van der Waals surface area contributed by atoms with E-state index in [4.69, 9.17) is 25.8 Å². The van der Waals surface area contributed by atoms with Gasteiger partial charge in [-0.05, 0) is 42.5 Å². The first-order valence-corrected chi connectivity index (χ1v) is 11.1. The molecule has 0 aliphatic heterocycles. The summed E-state index contributed by atoms with van der Waals surface area (Å²) in [5.41, 5.74) is 0.793. The molecule has 0 fully saturated rings. The number of hydrogen-bond acceptors (Lipinski definition) is 6. The molecule has 0 spiro atoms. The van der Waals surface area contributed by atoms with Crippen molar-refractivity contribution in [2.24, 2.45) is 0 Å². The van der Waals surface area contributed by atoms with E-state index in [1.807, 2.05) is 0 Å². The van der Waals surface area contributed by atoms with Crippen LogP contribution in [0, 0.1) is 0 Å². The molecule has 0 saturated carbocycles. The Morgan fingerprint density at radius 1 is 0.875 bits per heavy atom. The average molecular weight is 477 g/mol. The van der Waals surface area contributed by atoms with E-state index in [2.05, 4.69) is 10.0 Å². The van der Waals surface area contributed by atoms with E-state index in [0.717, 1.165) is 0 Å². The third kappa shape index (κ3) is 5.06. The molecule has 0 atom stereocenters. The lowest BCUT2D eigenvalue weighted by atomic mass is 10.1. The van der Waals surface area contributed by atoms with Gasteiger partial charge in [0.25, 0.3) is 15.9 Å². The van der Waals surface area contributed by atoms with Crippen molar-refractivity contribution >= 4 is 38.9 Å². The van der Waals surface area contributed by atoms with Crippen molar-refractivity contribution in [3.05, 3.63) is 71.2 Å². The Morgan fingerprint density at radius 2 is 1.59 bits per heavy atom. The Bertz CT molecular complexity index is 1250. The molecule has 0 saturated heterocycles. The molecule has 10 heteroatoms. The Morgan fingerprint density at radius 3 is 2.28 bits per heavy atom. The standard InChI is InChI=1S/C22H21ClN2O6S/c1-29-19-10-5-4-9-18(19)25-32(27,28)16-8-6-7-15(13-16)24-22(26)14-11-17(23)21(31-3)20(12-14)30-2/h4-13,25H,1-3H3,(H,24,26). The molecule has 1 amide bonds. The van der Waals surface area contributed by atoms with Gasteiger partial charge in [-0.3, -0.25) is 9.52 Å². The van der Waals surface area contributed by atoms with Gasteiger partial charge in [-0.25, -0.2) is 8.42 Å². The highest BCUT2D eigenvalue weighted by atomic mass is 35.5. The molecule has 3 aromatic carbocycles. The smallest absolute Gasteiger partial charge is 0.262 e. The minimum atomic E-state index is -3.93. The van der Waals surface area contributed by atoms with Crippen LogP contribution in [0.4, 0.5) is 11.4 Å². The second-order valence-corrected chi connectivity index (χ2v) is 8.57. The molecule has 32 heavy (non-hydrogen) atoms. The third-order valence-corrected chi connectivity index (χ3v) is 6.09.